The second-order valence-electron chi connectivity index (χ2n) is 5.80. The van der Waals surface area contributed by atoms with Crippen LogP contribution in [0.25, 0.3) is 0 Å². The minimum atomic E-state index is -0.527. The quantitative estimate of drug-likeness (QED) is 0.693. The smallest absolute Gasteiger partial charge is 0.344 e. The summed E-state index contributed by atoms with van der Waals surface area (Å²) in [5.74, 6) is -1.31. The fourth-order valence-corrected chi connectivity index (χ4v) is 3.49. The number of carbonyl (C=O) groups is 2. The highest BCUT2D eigenvalue weighted by Crippen LogP contribution is 2.44. The molecule has 4 nitrogen and oxygen atoms in total. The Morgan fingerprint density at radius 1 is 1.23 bits per heavy atom. The Labute approximate surface area is 159 Å². The molecule has 1 unspecified atom stereocenters. The fourth-order valence-electron chi connectivity index (χ4n) is 2.98. The van der Waals surface area contributed by atoms with E-state index < -0.39 is 11.9 Å². The summed E-state index contributed by atoms with van der Waals surface area (Å²) >= 11 is 12.5. The molecule has 0 radical (unpaired) electrons. The van der Waals surface area contributed by atoms with Crippen LogP contribution in [0.5, 0.6) is 5.75 Å². The summed E-state index contributed by atoms with van der Waals surface area (Å²) in [4.78, 5) is 24.2. The van der Waals surface area contributed by atoms with Crippen LogP contribution in [-0.4, -0.2) is 25.0 Å². The van der Waals surface area contributed by atoms with E-state index in [1.807, 2.05) is 0 Å². The molecule has 0 heterocycles. The van der Waals surface area contributed by atoms with Gasteiger partial charge in [-0.15, -0.1) is 0 Å². The van der Waals surface area contributed by atoms with Crippen LogP contribution in [0.3, 0.4) is 0 Å². The van der Waals surface area contributed by atoms with Crippen molar-refractivity contribution in [1.29, 1.82) is 0 Å². The van der Waals surface area contributed by atoms with Gasteiger partial charge in [0.15, 0.2) is 12.4 Å². The normalized spacial score (nSPS) is 15.7. The number of Topliss-reactive ketones (excluding diaryl/α,β-unsaturated/α-hetero) is 1. The molecule has 26 heavy (non-hydrogen) atoms. The molecule has 0 saturated carbocycles. The molecule has 0 saturated heterocycles. The average Bonchev–Trinajstić information content (AvgIpc) is 2.94. The molecule has 0 spiro atoms. The monoisotopic (exact) mass is 396 g/mol. The molecule has 3 rings (SSSR count). The third-order valence-electron chi connectivity index (χ3n) is 4.17. The number of carbonyl (C=O) groups excluding carboxylic acids is 2. The van der Waals surface area contributed by atoms with Gasteiger partial charge in [-0.25, -0.2) is 9.18 Å². The molecule has 1 aliphatic carbocycles. The number of hydrogen-bond acceptors (Lipinski definition) is 4. The van der Waals surface area contributed by atoms with Crippen molar-refractivity contribution >= 4 is 35.0 Å². The van der Waals surface area contributed by atoms with Crippen LogP contribution in [0.15, 0.2) is 30.3 Å². The van der Waals surface area contributed by atoms with Crippen molar-refractivity contribution in [1.82, 2.24) is 0 Å². The zero-order valence-electron chi connectivity index (χ0n) is 13.9. The molecular formula is C19H15Cl2FO4. The minimum Gasteiger partial charge on any atom is -0.480 e. The van der Waals surface area contributed by atoms with E-state index in [-0.39, 0.29) is 40.6 Å². The van der Waals surface area contributed by atoms with Crippen LogP contribution in [0, 0.1) is 5.82 Å². The minimum absolute atomic E-state index is 0.0721. The van der Waals surface area contributed by atoms with Gasteiger partial charge in [0.2, 0.25) is 0 Å². The van der Waals surface area contributed by atoms with E-state index >= 15 is 0 Å². The van der Waals surface area contributed by atoms with Crippen molar-refractivity contribution < 1.29 is 23.5 Å². The van der Waals surface area contributed by atoms with Gasteiger partial charge in [-0.2, -0.15) is 0 Å². The Balaban J connectivity index is 1.88. The van der Waals surface area contributed by atoms with Crippen LogP contribution in [0.1, 0.15) is 34.3 Å². The number of ketones is 1. The molecule has 2 aromatic rings. The maximum absolute atomic E-state index is 13.1. The Kier molecular flexibility index (Phi) is 5.49. The van der Waals surface area contributed by atoms with E-state index in [0.29, 0.717) is 23.1 Å². The van der Waals surface area contributed by atoms with Crippen LogP contribution >= 0.6 is 23.2 Å². The van der Waals surface area contributed by atoms with E-state index in [4.69, 9.17) is 32.7 Å². The topological polar surface area (TPSA) is 52.6 Å². The first kappa shape index (κ1) is 18.7. The zero-order chi connectivity index (χ0) is 18.8. The number of halogens is 3. The van der Waals surface area contributed by atoms with Gasteiger partial charge in [0.05, 0.1) is 17.5 Å². The third-order valence-corrected chi connectivity index (χ3v) is 5.02. The Hall–Kier alpha value is -2.11. The second kappa shape index (κ2) is 7.64. The molecule has 0 amide bonds. The Bertz CT molecular complexity index is 865. The third kappa shape index (κ3) is 3.55. The van der Waals surface area contributed by atoms with Crippen molar-refractivity contribution in [2.45, 2.75) is 19.3 Å². The van der Waals surface area contributed by atoms with Crippen molar-refractivity contribution in [3.8, 4) is 5.75 Å². The summed E-state index contributed by atoms with van der Waals surface area (Å²) in [6, 6.07) is 7.40. The van der Waals surface area contributed by atoms with Gasteiger partial charge >= 0.3 is 5.97 Å². The zero-order valence-corrected chi connectivity index (χ0v) is 15.4. The highest BCUT2D eigenvalue weighted by molar-refractivity contribution is 6.45. The van der Waals surface area contributed by atoms with E-state index in [2.05, 4.69) is 0 Å². The van der Waals surface area contributed by atoms with Gasteiger partial charge in [0.1, 0.15) is 16.6 Å². The van der Waals surface area contributed by atoms with Gasteiger partial charge in [-0.1, -0.05) is 35.3 Å². The first-order chi connectivity index (χ1) is 12.4. The molecule has 0 aliphatic heterocycles. The van der Waals surface area contributed by atoms with Crippen molar-refractivity contribution in [3.63, 3.8) is 0 Å². The molecule has 1 atom stereocenters. The van der Waals surface area contributed by atoms with E-state index in [0.717, 1.165) is 0 Å². The lowest BCUT2D eigenvalue weighted by Crippen LogP contribution is -2.15. The summed E-state index contributed by atoms with van der Waals surface area (Å²) in [5.41, 5.74) is 1.72. The molecule has 1 aliphatic rings. The Morgan fingerprint density at radius 2 is 1.92 bits per heavy atom. The van der Waals surface area contributed by atoms with E-state index in [1.54, 1.807) is 25.1 Å². The van der Waals surface area contributed by atoms with Crippen LogP contribution in [0.2, 0.25) is 10.0 Å². The second-order valence-corrected chi connectivity index (χ2v) is 6.56. The molecular weight excluding hydrogens is 382 g/mol. The lowest BCUT2D eigenvalue weighted by molar-refractivity contribution is -0.145. The summed E-state index contributed by atoms with van der Waals surface area (Å²) in [7, 11) is 0. The maximum Gasteiger partial charge on any atom is 0.344 e. The van der Waals surface area contributed by atoms with Crippen molar-refractivity contribution in [2.24, 2.45) is 0 Å². The molecule has 0 aromatic heterocycles. The number of fused-ring (bicyclic) bond motifs is 1. The standard InChI is InChI=1S/C19H15Cl2FO4/c1-2-25-15(23)9-26-14-8-11-7-13(10-3-5-12(22)6-4-10)19(24)16(11)18(21)17(14)20/h3-6,8,13H,2,7,9H2,1H3. The summed E-state index contributed by atoms with van der Waals surface area (Å²) in [5, 5.41) is 0.167. The summed E-state index contributed by atoms with van der Waals surface area (Å²) in [6.07, 6.45) is 0.395. The van der Waals surface area contributed by atoms with Gasteiger partial charge in [-0.05, 0) is 42.7 Å². The fraction of sp³-hybridized carbons (Fsp3) is 0.263. The highest BCUT2D eigenvalue weighted by Gasteiger charge is 2.35. The first-order valence-corrected chi connectivity index (χ1v) is 8.77. The number of hydrogen-bond donors (Lipinski definition) is 0. The molecule has 136 valence electrons. The largest absolute Gasteiger partial charge is 0.480 e. The van der Waals surface area contributed by atoms with Gasteiger partial charge < -0.3 is 9.47 Å². The van der Waals surface area contributed by atoms with Gasteiger partial charge in [0, 0.05) is 5.56 Å². The van der Waals surface area contributed by atoms with Crippen LogP contribution in [0.4, 0.5) is 4.39 Å². The number of ether oxygens (including phenoxy) is 2. The van der Waals surface area contributed by atoms with Gasteiger partial charge in [0.25, 0.3) is 0 Å². The molecule has 2 aromatic carbocycles. The number of rotatable bonds is 5. The summed E-state index contributed by atoms with van der Waals surface area (Å²) in [6.45, 7) is 1.63. The van der Waals surface area contributed by atoms with E-state index in [9.17, 15) is 14.0 Å². The predicted octanol–water partition coefficient (Wildman–Crippen LogP) is 4.60. The van der Waals surface area contributed by atoms with Crippen LogP contribution in [-0.2, 0) is 16.0 Å². The molecule has 0 bridgehead atoms. The highest BCUT2D eigenvalue weighted by atomic mass is 35.5. The lowest BCUT2D eigenvalue weighted by atomic mass is 9.95. The number of esters is 1. The predicted molar refractivity (Wildman–Crippen MR) is 95.8 cm³/mol. The van der Waals surface area contributed by atoms with E-state index in [1.165, 1.54) is 12.1 Å². The SMILES string of the molecule is CCOC(=O)COc1cc2c(c(Cl)c1Cl)C(=O)C(c1ccc(F)cc1)C2. The molecule has 7 heteroatoms. The average molecular weight is 397 g/mol. The summed E-state index contributed by atoms with van der Waals surface area (Å²) < 4.78 is 23.3. The number of benzene rings is 2. The maximum atomic E-state index is 13.1. The lowest BCUT2D eigenvalue weighted by Gasteiger charge is -2.11. The van der Waals surface area contributed by atoms with Gasteiger partial charge in [-0.3, -0.25) is 4.79 Å². The Morgan fingerprint density at radius 3 is 2.58 bits per heavy atom. The molecule has 0 N–H and O–H groups in total. The van der Waals surface area contributed by atoms with Crippen molar-refractivity contribution in [2.75, 3.05) is 13.2 Å². The van der Waals surface area contributed by atoms with Crippen molar-refractivity contribution in [3.05, 3.63) is 62.9 Å². The molecule has 0 fully saturated rings. The first-order valence-electron chi connectivity index (χ1n) is 8.01. The van der Waals surface area contributed by atoms with Crippen LogP contribution < -0.4 is 4.74 Å².